The van der Waals surface area contributed by atoms with E-state index in [4.69, 9.17) is 11.1 Å². The molecular formula is C13H20ClN3. The van der Waals surface area contributed by atoms with Gasteiger partial charge in [0, 0.05) is 25.6 Å². The molecule has 1 saturated heterocycles. The zero-order valence-corrected chi connectivity index (χ0v) is 10.9. The third-order valence-corrected chi connectivity index (χ3v) is 3.34. The Morgan fingerprint density at radius 2 is 2.00 bits per heavy atom. The molecule has 1 aromatic rings. The molecule has 0 bridgehead atoms. The molecule has 2 unspecified atom stereocenters. The summed E-state index contributed by atoms with van der Waals surface area (Å²) in [5.74, 6) is 1.08. The molecule has 94 valence electrons. The van der Waals surface area contributed by atoms with Crippen molar-refractivity contribution in [2.75, 3.05) is 13.1 Å². The third-order valence-electron chi connectivity index (χ3n) is 3.34. The summed E-state index contributed by atoms with van der Waals surface area (Å²) in [4.78, 5) is 2.38. The molecule has 4 heteroatoms. The lowest BCUT2D eigenvalue weighted by atomic mass is 9.97. The molecule has 3 nitrogen and oxygen atoms in total. The molecule has 2 rings (SSSR count). The van der Waals surface area contributed by atoms with E-state index >= 15 is 0 Å². The topological polar surface area (TPSA) is 53.1 Å². The van der Waals surface area contributed by atoms with E-state index in [9.17, 15) is 0 Å². The summed E-state index contributed by atoms with van der Waals surface area (Å²) in [6.45, 7) is 5.11. The first-order valence-corrected chi connectivity index (χ1v) is 5.77. The molecule has 1 aromatic carbocycles. The second-order valence-electron chi connectivity index (χ2n) is 4.72. The maximum Gasteiger partial charge on any atom is 0.0953 e. The summed E-state index contributed by atoms with van der Waals surface area (Å²) < 4.78 is 0. The van der Waals surface area contributed by atoms with Crippen LogP contribution in [-0.4, -0.2) is 23.8 Å². The molecule has 1 heterocycles. The molecule has 0 amide bonds. The summed E-state index contributed by atoms with van der Waals surface area (Å²) >= 11 is 0. The number of likely N-dealkylation sites (tertiary alicyclic amines) is 1. The minimum absolute atomic E-state index is 0. The molecule has 1 fully saturated rings. The first-order chi connectivity index (χ1) is 7.66. The van der Waals surface area contributed by atoms with Crippen LogP contribution in [0.25, 0.3) is 0 Å². The van der Waals surface area contributed by atoms with Gasteiger partial charge in [-0.2, -0.15) is 0 Å². The van der Waals surface area contributed by atoms with Crippen molar-refractivity contribution in [1.29, 1.82) is 5.41 Å². The summed E-state index contributed by atoms with van der Waals surface area (Å²) in [5.41, 5.74) is 6.93. The number of nitrogens with two attached hydrogens (primary N) is 1. The largest absolute Gasteiger partial charge is 0.387 e. The van der Waals surface area contributed by atoms with Crippen LogP contribution in [0.15, 0.2) is 30.3 Å². The van der Waals surface area contributed by atoms with Gasteiger partial charge < -0.3 is 5.73 Å². The standard InChI is InChI=1S/C13H19N3.ClH/c1-10-7-16(9-12(10)13(14)15)8-11-5-3-2-4-6-11;/h2-6,10,12H,7-9H2,1H3,(H3,14,15);1H. The second kappa shape index (κ2) is 6.03. The average Bonchev–Trinajstić information content (AvgIpc) is 2.61. The SMILES string of the molecule is CC1CN(Cc2ccccc2)CC1C(=N)N.Cl. The van der Waals surface area contributed by atoms with Gasteiger partial charge in [0.05, 0.1) is 5.84 Å². The monoisotopic (exact) mass is 253 g/mol. The zero-order valence-electron chi connectivity index (χ0n) is 10.1. The minimum Gasteiger partial charge on any atom is -0.387 e. The van der Waals surface area contributed by atoms with Crippen molar-refractivity contribution in [3.8, 4) is 0 Å². The normalized spacial score (nSPS) is 24.3. The minimum atomic E-state index is 0. The lowest BCUT2D eigenvalue weighted by Gasteiger charge is -2.15. The van der Waals surface area contributed by atoms with Gasteiger partial charge in [-0.1, -0.05) is 37.3 Å². The molecule has 0 aliphatic carbocycles. The molecule has 2 atom stereocenters. The molecule has 0 radical (unpaired) electrons. The Hall–Kier alpha value is -1.06. The Morgan fingerprint density at radius 1 is 1.35 bits per heavy atom. The van der Waals surface area contributed by atoms with Crippen LogP contribution in [0.4, 0.5) is 0 Å². The highest BCUT2D eigenvalue weighted by molar-refractivity contribution is 5.85. The summed E-state index contributed by atoms with van der Waals surface area (Å²) in [7, 11) is 0. The van der Waals surface area contributed by atoms with Gasteiger partial charge >= 0.3 is 0 Å². The van der Waals surface area contributed by atoms with Crippen LogP contribution >= 0.6 is 12.4 Å². The van der Waals surface area contributed by atoms with E-state index in [1.807, 2.05) is 6.07 Å². The average molecular weight is 254 g/mol. The van der Waals surface area contributed by atoms with E-state index in [2.05, 4.69) is 36.1 Å². The molecule has 0 saturated carbocycles. The Kier molecular flexibility index (Phi) is 4.97. The van der Waals surface area contributed by atoms with E-state index in [1.165, 1.54) is 5.56 Å². The molecular weight excluding hydrogens is 234 g/mol. The van der Waals surface area contributed by atoms with E-state index in [-0.39, 0.29) is 18.3 Å². The fraction of sp³-hybridized carbons (Fsp3) is 0.462. The van der Waals surface area contributed by atoms with Gasteiger partial charge in [-0.3, -0.25) is 10.3 Å². The van der Waals surface area contributed by atoms with Crippen molar-refractivity contribution in [2.45, 2.75) is 13.5 Å². The van der Waals surface area contributed by atoms with Crippen molar-refractivity contribution in [1.82, 2.24) is 4.90 Å². The summed E-state index contributed by atoms with van der Waals surface area (Å²) in [6.07, 6.45) is 0. The Labute approximate surface area is 109 Å². The fourth-order valence-electron chi connectivity index (χ4n) is 2.44. The molecule has 3 N–H and O–H groups in total. The highest BCUT2D eigenvalue weighted by Gasteiger charge is 2.31. The van der Waals surface area contributed by atoms with Crippen LogP contribution < -0.4 is 5.73 Å². The molecule has 0 aromatic heterocycles. The predicted octanol–water partition coefficient (Wildman–Crippen LogP) is 2.11. The maximum absolute atomic E-state index is 7.54. The first kappa shape index (κ1) is 14.0. The van der Waals surface area contributed by atoms with E-state index in [0.29, 0.717) is 11.8 Å². The van der Waals surface area contributed by atoms with E-state index in [0.717, 1.165) is 19.6 Å². The van der Waals surface area contributed by atoms with Crippen LogP contribution in [0.3, 0.4) is 0 Å². The number of nitrogens with zero attached hydrogens (tertiary/aromatic N) is 1. The van der Waals surface area contributed by atoms with Gasteiger partial charge in [0.15, 0.2) is 0 Å². The highest BCUT2D eigenvalue weighted by Crippen LogP contribution is 2.24. The number of hydrogen-bond donors (Lipinski definition) is 2. The quantitative estimate of drug-likeness (QED) is 0.640. The maximum atomic E-state index is 7.54. The smallest absolute Gasteiger partial charge is 0.0953 e. The van der Waals surface area contributed by atoms with Crippen molar-refractivity contribution >= 4 is 18.2 Å². The summed E-state index contributed by atoms with van der Waals surface area (Å²) in [5, 5.41) is 7.54. The van der Waals surface area contributed by atoms with E-state index < -0.39 is 0 Å². The zero-order chi connectivity index (χ0) is 11.5. The van der Waals surface area contributed by atoms with Crippen molar-refractivity contribution in [2.24, 2.45) is 17.6 Å². The number of nitrogens with one attached hydrogen (secondary N) is 1. The number of amidine groups is 1. The van der Waals surface area contributed by atoms with Gasteiger partial charge in [0.1, 0.15) is 0 Å². The first-order valence-electron chi connectivity index (χ1n) is 5.77. The number of rotatable bonds is 3. The summed E-state index contributed by atoms with van der Waals surface area (Å²) in [6, 6.07) is 10.5. The molecule has 1 aliphatic heterocycles. The second-order valence-corrected chi connectivity index (χ2v) is 4.72. The molecule has 17 heavy (non-hydrogen) atoms. The van der Waals surface area contributed by atoms with Crippen LogP contribution in [0.2, 0.25) is 0 Å². The Morgan fingerprint density at radius 3 is 2.53 bits per heavy atom. The van der Waals surface area contributed by atoms with Crippen molar-refractivity contribution < 1.29 is 0 Å². The molecule has 1 aliphatic rings. The van der Waals surface area contributed by atoms with Crippen molar-refractivity contribution in [3.05, 3.63) is 35.9 Å². The predicted molar refractivity (Wildman–Crippen MR) is 73.5 cm³/mol. The van der Waals surface area contributed by atoms with Gasteiger partial charge in [0.25, 0.3) is 0 Å². The van der Waals surface area contributed by atoms with Crippen molar-refractivity contribution in [3.63, 3.8) is 0 Å². The number of hydrogen-bond acceptors (Lipinski definition) is 2. The lowest BCUT2D eigenvalue weighted by molar-refractivity contribution is 0.318. The van der Waals surface area contributed by atoms with Crippen LogP contribution in [0, 0.1) is 17.2 Å². The Balaban J connectivity index is 0.00000144. The molecule has 0 spiro atoms. The highest BCUT2D eigenvalue weighted by atomic mass is 35.5. The van der Waals surface area contributed by atoms with Crippen LogP contribution in [0.5, 0.6) is 0 Å². The lowest BCUT2D eigenvalue weighted by Crippen LogP contribution is -2.28. The van der Waals surface area contributed by atoms with Crippen LogP contribution in [0.1, 0.15) is 12.5 Å². The van der Waals surface area contributed by atoms with Gasteiger partial charge in [-0.25, -0.2) is 0 Å². The van der Waals surface area contributed by atoms with Gasteiger partial charge in [-0.15, -0.1) is 12.4 Å². The van der Waals surface area contributed by atoms with Gasteiger partial charge in [0.2, 0.25) is 0 Å². The Bertz CT molecular complexity index is 366. The fourth-order valence-corrected chi connectivity index (χ4v) is 2.44. The van der Waals surface area contributed by atoms with E-state index in [1.54, 1.807) is 0 Å². The van der Waals surface area contributed by atoms with Gasteiger partial charge in [-0.05, 0) is 11.5 Å². The number of benzene rings is 1. The number of halogens is 1. The third kappa shape index (κ3) is 3.45. The van der Waals surface area contributed by atoms with Crippen LogP contribution in [-0.2, 0) is 6.54 Å².